The van der Waals surface area contributed by atoms with E-state index in [2.05, 4.69) is 16.9 Å². The zero-order valence-corrected chi connectivity index (χ0v) is 9.24. The molecule has 0 aliphatic rings. The summed E-state index contributed by atoms with van der Waals surface area (Å²) in [6, 6.07) is 7.94. The Balaban J connectivity index is 0.000000167. The Morgan fingerprint density at radius 3 is 2.67 bits per heavy atom. The van der Waals surface area contributed by atoms with Crippen LogP contribution in [0.1, 0.15) is 26.2 Å². The molecule has 15 heavy (non-hydrogen) atoms. The Morgan fingerprint density at radius 1 is 1.27 bits per heavy atom. The van der Waals surface area contributed by atoms with E-state index in [0.717, 1.165) is 17.6 Å². The fourth-order valence-electron chi connectivity index (χ4n) is 1.27. The molecule has 0 amide bonds. The number of rotatable bonds is 3. The number of unbranched alkanes of at least 4 members (excludes halogenated alkanes) is 2. The first-order valence-electron chi connectivity index (χ1n) is 5.46. The molecule has 1 heterocycles. The van der Waals surface area contributed by atoms with Crippen LogP contribution in [0.15, 0.2) is 30.6 Å². The van der Waals surface area contributed by atoms with Gasteiger partial charge in [0.05, 0.1) is 17.4 Å². The Labute approximate surface area is 90.7 Å². The van der Waals surface area contributed by atoms with Crippen molar-refractivity contribution < 1.29 is 0 Å². The Bertz CT molecular complexity index is 333. The molecular formula is C12H19N3. The molecule has 0 unspecified atom stereocenters. The maximum Gasteiger partial charge on any atom is 0.0931 e. The summed E-state index contributed by atoms with van der Waals surface area (Å²) in [5, 5.41) is 0. The number of para-hydroxylation sites is 2. The number of benzene rings is 1. The molecule has 2 aromatic rings. The van der Waals surface area contributed by atoms with Gasteiger partial charge >= 0.3 is 0 Å². The molecule has 0 saturated carbocycles. The van der Waals surface area contributed by atoms with Crippen LogP contribution in [0.5, 0.6) is 0 Å². The second-order valence-electron chi connectivity index (χ2n) is 3.42. The third-order valence-corrected chi connectivity index (χ3v) is 2.14. The van der Waals surface area contributed by atoms with Gasteiger partial charge in [0.15, 0.2) is 0 Å². The van der Waals surface area contributed by atoms with Crippen LogP contribution in [0.2, 0.25) is 0 Å². The summed E-state index contributed by atoms with van der Waals surface area (Å²) >= 11 is 0. The van der Waals surface area contributed by atoms with Crippen LogP contribution >= 0.6 is 0 Å². The summed E-state index contributed by atoms with van der Waals surface area (Å²) < 4.78 is 0. The second-order valence-corrected chi connectivity index (χ2v) is 3.42. The van der Waals surface area contributed by atoms with E-state index < -0.39 is 0 Å². The summed E-state index contributed by atoms with van der Waals surface area (Å²) in [5.74, 6) is 0. The zero-order chi connectivity index (χ0) is 10.9. The van der Waals surface area contributed by atoms with Crippen LogP contribution < -0.4 is 5.73 Å². The molecule has 0 aliphatic carbocycles. The zero-order valence-electron chi connectivity index (χ0n) is 9.24. The number of aromatic nitrogens is 2. The van der Waals surface area contributed by atoms with Gasteiger partial charge in [-0.2, -0.15) is 0 Å². The van der Waals surface area contributed by atoms with Crippen molar-refractivity contribution in [2.45, 2.75) is 26.2 Å². The molecule has 0 spiro atoms. The lowest BCUT2D eigenvalue weighted by Crippen LogP contribution is -1.96. The van der Waals surface area contributed by atoms with Gasteiger partial charge in [-0.3, -0.25) is 0 Å². The molecule has 0 saturated heterocycles. The highest BCUT2D eigenvalue weighted by Gasteiger charge is 1.88. The van der Waals surface area contributed by atoms with Gasteiger partial charge in [0.25, 0.3) is 0 Å². The summed E-state index contributed by atoms with van der Waals surface area (Å²) in [6.07, 6.45) is 5.45. The Hall–Kier alpha value is -1.35. The minimum Gasteiger partial charge on any atom is -0.345 e. The quantitative estimate of drug-likeness (QED) is 0.757. The smallest absolute Gasteiger partial charge is 0.0931 e. The summed E-state index contributed by atoms with van der Waals surface area (Å²) in [6.45, 7) is 3.03. The van der Waals surface area contributed by atoms with Gasteiger partial charge in [0.2, 0.25) is 0 Å². The average Bonchev–Trinajstić information content (AvgIpc) is 2.75. The number of imidazole rings is 1. The largest absolute Gasteiger partial charge is 0.345 e. The summed E-state index contributed by atoms with van der Waals surface area (Å²) in [4.78, 5) is 7.07. The van der Waals surface area contributed by atoms with Crippen molar-refractivity contribution in [2.75, 3.05) is 6.54 Å². The van der Waals surface area contributed by atoms with E-state index in [4.69, 9.17) is 5.73 Å². The molecule has 1 aromatic heterocycles. The Kier molecular flexibility index (Phi) is 5.48. The molecule has 2 rings (SSSR count). The van der Waals surface area contributed by atoms with Crippen LogP contribution in [0.25, 0.3) is 11.0 Å². The normalized spacial score (nSPS) is 9.73. The van der Waals surface area contributed by atoms with E-state index in [0.29, 0.717) is 0 Å². The molecule has 0 radical (unpaired) electrons. The van der Waals surface area contributed by atoms with E-state index >= 15 is 0 Å². The molecule has 0 atom stereocenters. The summed E-state index contributed by atoms with van der Waals surface area (Å²) in [7, 11) is 0. The molecule has 0 aliphatic heterocycles. The summed E-state index contributed by atoms with van der Waals surface area (Å²) in [5.41, 5.74) is 7.33. The highest BCUT2D eigenvalue weighted by molar-refractivity contribution is 5.73. The van der Waals surface area contributed by atoms with Gasteiger partial charge in [-0.05, 0) is 25.1 Å². The molecular weight excluding hydrogens is 186 g/mol. The molecule has 3 heteroatoms. The first-order chi connectivity index (χ1) is 7.38. The lowest BCUT2D eigenvalue weighted by Gasteiger charge is -1.86. The number of nitrogens with zero attached hydrogens (tertiary/aromatic N) is 1. The number of fused-ring (bicyclic) bond motifs is 1. The lowest BCUT2D eigenvalue weighted by molar-refractivity contribution is 0.727. The third kappa shape index (κ3) is 4.13. The number of hydrogen-bond donors (Lipinski definition) is 2. The maximum absolute atomic E-state index is 5.21. The highest BCUT2D eigenvalue weighted by Crippen LogP contribution is 2.05. The minimum atomic E-state index is 0.855. The lowest BCUT2D eigenvalue weighted by atomic mass is 10.3. The predicted molar refractivity (Wildman–Crippen MR) is 64.7 cm³/mol. The molecule has 3 N–H and O–H groups in total. The average molecular weight is 205 g/mol. The van der Waals surface area contributed by atoms with Gasteiger partial charge in [-0.1, -0.05) is 31.9 Å². The van der Waals surface area contributed by atoms with E-state index in [1.165, 1.54) is 19.3 Å². The van der Waals surface area contributed by atoms with Gasteiger partial charge in [0, 0.05) is 0 Å². The number of nitrogens with one attached hydrogen (secondary N) is 1. The fourth-order valence-corrected chi connectivity index (χ4v) is 1.27. The van der Waals surface area contributed by atoms with E-state index in [9.17, 15) is 0 Å². The number of nitrogens with two attached hydrogens (primary N) is 1. The first kappa shape index (κ1) is 11.7. The van der Waals surface area contributed by atoms with Crippen molar-refractivity contribution in [2.24, 2.45) is 5.73 Å². The molecule has 3 nitrogen and oxygen atoms in total. The topological polar surface area (TPSA) is 54.7 Å². The standard InChI is InChI=1S/C7H6N2.C5H13N/c1-2-4-7-6(3-1)8-5-9-7;1-2-3-4-5-6/h1-5H,(H,8,9);2-6H2,1H3. The number of hydrogen-bond acceptors (Lipinski definition) is 2. The van der Waals surface area contributed by atoms with E-state index in [1.807, 2.05) is 24.3 Å². The number of aromatic amines is 1. The van der Waals surface area contributed by atoms with E-state index in [-0.39, 0.29) is 0 Å². The van der Waals surface area contributed by atoms with Crippen LogP contribution in [-0.4, -0.2) is 16.5 Å². The van der Waals surface area contributed by atoms with Crippen LogP contribution in [0.4, 0.5) is 0 Å². The Morgan fingerprint density at radius 2 is 2.07 bits per heavy atom. The van der Waals surface area contributed by atoms with Gasteiger partial charge < -0.3 is 10.7 Å². The van der Waals surface area contributed by atoms with Crippen molar-refractivity contribution >= 4 is 11.0 Å². The van der Waals surface area contributed by atoms with Crippen LogP contribution in [0, 0.1) is 0 Å². The van der Waals surface area contributed by atoms with Crippen molar-refractivity contribution in [3.05, 3.63) is 30.6 Å². The fraction of sp³-hybridized carbons (Fsp3) is 0.417. The van der Waals surface area contributed by atoms with Crippen LogP contribution in [0.3, 0.4) is 0 Å². The van der Waals surface area contributed by atoms with Gasteiger partial charge in [0.1, 0.15) is 0 Å². The van der Waals surface area contributed by atoms with Crippen LogP contribution in [-0.2, 0) is 0 Å². The van der Waals surface area contributed by atoms with Gasteiger partial charge in [-0.25, -0.2) is 4.98 Å². The van der Waals surface area contributed by atoms with Crippen molar-refractivity contribution in [1.29, 1.82) is 0 Å². The van der Waals surface area contributed by atoms with Crippen molar-refractivity contribution in [3.63, 3.8) is 0 Å². The van der Waals surface area contributed by atoms with Gasteiger partial charge in [-0.15, -0.1) is 0 Å². The highest BCUT2D eigenvalue weighted by atomic mass is 14.9. The predicted octanol–water partition coefficient (Wildman–Crippen LogP) is 2.70. The monoisotopic (exact) mass is 205 g/mol. The first-order valence-corrected chi connectivity index (χ1v) is 5.46. The van der Waals surface area contributed by atoms with Crippen molar-refractivity contribution in [3.8, 4) is 0 Å². The number of H-pyrrole nitrogens is 1. The molecule has 0 bridgehead atoms. The third-order valence-electron chi connectivity index (χ3n) is 2.14. The SMILES string of the molecule is CCCCCN.c1ccc2[nH]cnc2c1. The maximum atomic E-state index is 5.21. The second kappa shape index (κ2) is 7.01. The molecule has 82 valence electrons. The molecule has 1 aromatic carbocycles. The van der Waals surface area contributed by atoms with E-state index in [1.54, 1.807) is 6.33 Å². The van der Waals surface area contributed by atoms with Crippen molar-refractivity contribution in [1.82, 2.24) is 9.97 Å². The minimum absolute atomic E-state index is 0.855. The molecule has 0 fully saturated rings.